The zero-order valence-corrected chi connectivity index (χ0v) is 11.3. The van der Waals surface area contributed by atoms with Crippen molar-refractivity contribution in [3.63, 3.8) is 0 Å². The molecular weight excluding hydrogens is 226 g/mol. The molecule has 0 aromatic rings. The van der Waals surface area contributed by atoms with Crippen molar-refractivity contribution in [3.8, 4) is 0 Å². The molecular formula is C10H23N3O2S. The van der Waals surface area contributed by atoms with Crippen LogP contribution in [0, 0.1) is 0 Å². The van der Waals surface area contributed by atoms with Gasteiger partial charge < -0.3 is 10.2 Å². The van der Waals surface area contributed by atoms with Crippen LogP contribution in [0.15, 0.2) is 0 Å². The van der Waals surface area contributed by atoms with Crippen molar-refractivity contribution >= 4 is 10.0 Å². The van der Waals surface area contributed by atoms with Gasteiger partial charge in [0.2, 0.25) is 10.0 Å². The third-order valence-electron chi connectivity index (χ3n) is 3.21. The number of likely N-dealkylation sites (N-methyl/N-ethyl adjacent to an activating group) is 1. The number of sulfonamides is 1. The highest BCUT2D eigenvalue weighted by atomic mass is 32.2. The van der Waals surface area contributed by atoms with Gasteiger partial charge in [-0.15, -0.1) is 0 Å². The average Bonchev–Trinajstić information content (AvgIpc) is 2.27. The minimum absolute atomic E-state index is 0.198. The van der Waals surface area contributed by atoms with Crippen LogP contribution in [0.1, 0.15) is 13.3 Å². The van der Waals surface area contributed by atoms with E-state index >= 15 is 0 Å². The number of nitrogens with zero attached hydrogens (tertiary/aromatic N) is 2. The van der Waals surface area contributed by atoms with Crippen molar-refractivity contribution in [2.45, 2.75) is 19.4 Å². The van der Waals surface area contributed by atoms with Crippen LogP contribution in [0.4, 0.5) is 0 Å². The molecule has 16 heavy (non-hydrogen) atoms. The van der Waals surface area contributed by atoms with Crippen LogP contribution < -0.4 is 5.32 Å². The lowest BCUT2D eigenvalue weighted by atomic mass is 10.1. The summed E-state index contributed by atoms with van der Waals surface area (Å²) in [4.78, 5) is 2.24. The molecule has 1 fully saturated rings. The molecule has 0 aromatic carbocycles. The maximum Gasteiger partial charge on any atom is 0.215 e. The summed E-state index contributed by atoms with van der Waals surface area (Å²) in [5.74, 6) is 0.198. The van der Waals surface area contributed by atoms with Crippen molar-refractivity contribution in [3.05, 3.63) is 0 Å². The molecule has 6 heteroatoms. The van der Waals surface area contributed by atoms with E-state index in [0.717, 1.165) is 13.0 Å². The van der Waals surface area contributed by atoms with Crippen LogP contribution in [0.25, 0.3) is 0 Å². The number of hydrogen-bond acceptors (Lipinski definition) is 4. The molecule has 1 N–H and O–H groups in total. The topological polar surface area (TPSA) is 52.7 Å². The Morgan fingerprint density at radius 2 is 2.06 bits per heavy atom. The lowest BCUT2D eigenvalue weighted by molar-refractivity contribution is 0.144. The molecule has 0 amide bonds. The minimum Gasteiger partial charge on any atom is -0.319 e. The molecule has 1 atom stereocenters. The van der Waals surface area contributed by atoms with Crippen molar-refractivity contribution in [1.82, 2.24) is 14.5 Å². The Morgan fingerprint density at radius 1 is 1.38 bits per heavy atom. The number of nitrogens with one attached hydrogen (secondary N) is 1. The van der Waals surface area contributed by atoms with Gasteiger partial charge in [0, 0.05) is 32.2 Å². The fourth-order valence-electron chi connectivity index (χ4n) is 1.97. The van der Waals surface area contributed by atoms with Gasteiger partial charge in [0.1, 0.15) is 0 Å². The first-order valence-corrected chi connectivity index (χ1v) is 7.45. The summed E-state index contributed by atoms with van der Waals surface area (Å²) in [7, 11) is 0.766. The highest BCUT2D eigenvalue weighted by Gasteiger charge is 2.30. The van der Waals surface area contributed by atoms with Crippen molar-refractivity contribution < 1.29 is 8.42 Å². The first-order chi connectivity index (χ1) is 7.51. The number of hydrogen-bond donors (Lipinski definition) is 1. The summed E-state index contributed by atoms with van der Waals surface area (Å²) in [5, 5.41) is 2.88. The molecule has 96 valence electrons. The third-order valence-corrected chi connectivity index (χ3v) is 5.05. The summed E-state index contributed by atoms with van der Waals surface area (Å²) in [6.45, 7) is 4.71. The Bertz CT molecular complexity index is 305. The second-order valence-electron chi connectivity index (χ2n) is 4.32. The number of rotatable bonds is 5. The van der Waals surface area contributed by atoms with Gasteiger partial charge in [-0.1, -0.05) is 6.92 Å². The highest BCUT2D eigenvalue weighted by Crippen LogP contribution is 2.14. The Labute approximate surface area is 98.8 Å². The molecule has 0 spiro atoms. The quantitative estimate of drug-likeness (QED) is 0.718. The van der Waals surface area contributed by atoms with Crippen LogP contribution in [0.3, 0.4) is 0 Å². The fraction of sp³-hybridized carbons (Fsp3) is 1.00. The van der Waals surface area contributed by atoms with Gasteiger partial charge in [-0.05, 0) is 20.5 Å². The van der Waals surface area contributed by atoms with Gasteiger partial charge in [-0.2, -0.15) is 4.31 Å². The molecule has 1 unspecified atom stereocenters. The molecule has 1 aliphatic heterocycles. The van der Waals surface area contributed by atoms with E-state index in [1.54, 1.807) is 11.4 Å². The molecule has 0 saturated carbocycles. The zero-order valence-electron chi connectivity index (χ0n) is 10.4. The molecule has 1 rings (SSSR count). The maximum absolute atomic E-state index is 12.0. The predicted molar refractivity (Wildman–Crippen MR) is 66.0 cm³/mol. The molecule has 0 aliphatic carbocycles. The van der Waals surface area contributed by atoms with E-state index in [-0.39, 0.29) is 5.75 Å². The SMILES string of the molecule is CCC1CN(S(=O)(=O)CCNC)CCN1C. The largest absolute Gasteiger partial charge is 0.319 e. The second kappa shape index (κ2) is 5.95. The number of piperazine rings is 1. The Hall–Kier alpha value is -0.170. The van der Waals surface area contributed by atoms with E-state index < -0.39 is 10.0 Å². The third kappa shape index (κ3) is 3.41. The first-order valence-electron chi connectivity index (χ1n) is 5.84. The van der Waals surface area contributed by atoms with Gasteiger partial charge >= 0.3 is 0 Å². The smallest absolute Gasteiger partial charge is 0.215 e. The van der Waals surface area contributed by atoms with Gasteiger partial charge in [-0.3, -0.25) is 0 Å². The fourth-order valence-corrected chi connectivity index (χ4v) is 3.45. The maximum atomic E-state index is 12.0. The van der Waals surface area contributed by atoms with E-state index in [0.29, 0.717) is 25.7 Å². The molecule has 1 aliphatic rings. The Morgan fingerprint density at radius 3 is 2.62 bits per heavy atom. The van der Waals surface area contributed by atoms with Crippen molar-refractivity contribution in [1.29, 1.82) is 0 Å². The summed E-state index contributed by atoms with van der Waals surface area (Å²) in [6.07, 6.45) is 0.995. The van der Waals surface area contributed by atoms with E-state index in [2.05, 4.69) is 24.2 Å². The molecule has 5 nitrogen and oxygen atoms in total. The Balaban J connectivity index is 2.60. The van der Waals surface area contributed by atoms with Crippen LogP contribution in [-0.2, 0) is 10.0 Å². The minimum atomic E-state index is -3.07. The normalized spacial score (nSPS) is 24.8. The van der Waals surface area contributed by atoms with Gasteiger partial charge in [0.05, 0.1) is 5.75 Å². The van der Waals surface area contributed by atoms with Crippen molar-refractivity contribution in [2.75, 3.05) is 46.0 Å². The van der Waals surface area contributed by atoms with Crippen LogP contribution >= 0.6 is 0 Å². The molecule has 1 heterocycles. The summed E-state index contributed by atoms with van der Waals surface area (Å²) in [6, 6.07) is 0.359. The van der Waals surface area contributed by atoms with E-state index in [4.69, 9.17) is 0 Å². The van der Waals surface area contributed by atoms with Crippen LogP contribution in [0.5, 0.6) is 0 Å². The average molecular weight is 249 g/mol. The monoisotopic (exact) mass is 249 g/mol. The van der Waals surface area contributed by atoms with E-state index in [9.17, 15) is 8.42 Å². The van der Waals surface area contributed by atoms with Crippen LogP contribution in [-0.4, -0.2) is 69.7 Å². The summed E-state index contributed by atoms with van der Waals surface area (Å²) >= 11 is 0. The van der Waals surface area contributed by atoms with Crippen LogP contribution in [0.2, 0.25) is 0 Å². The standard InChI is InChI=1S/C10H23N3O2S/c1-4-10-9-13(7-6-12(10)3)16(14,15)8-5-11-2/h10-11H,4-9H2,1-3H3. The lowest BCUT2D eigenvalue weighted by Gasteiger charge is -2.38. The van der Waals surface area contributed by atoms with E-state index in [1.807, 2.05) is 0 Å². The Kier molecular flexibility index (Phi) is 5.17. The van der Waals surface area contributed by atoms with Gasteiger partial charge in [-0.25, -0.2) is 8.42 Å². The van der Waals surface area contributed by atoms with Gasteiger partial charge in [0.25, 0.3) is 0 Å². The van der Waals surface area contributed by atoms with Gasteiger partial charge in [0.15, 0.2) is 0 Å². The van der Waals surface area contributed by atoms with E-state index in [1.165, 1.54) is 0 Å². The molecule has 0 aromatic heterocycles. The second-order valence-corrected chi connectivity index (χ2v) is 6.41. The van der Waals surface area contributed by atoms with Crippen molar-refractivity contribution in [2.24, 2.45) is 0 Å². The predicted octanol–water partition coefficient (Wildman–Crippen LogP) is -0.438. The summed E-state index contributed by atoms with van der Waals surface area (Å²) < 4.78 is 25.6. The molecule has 0 radical (unpaired) electrons. The first kappa shape index (κ1) is 13.9. The highest BCUT2D eigenvalue weighted by molar-refractivity contribution is 7.89. The lowest BCUT2D eigenvalue weighted by Crippen LogP contribution is -2.53. The summed E-state index contributed by atoms with van der Waals surface area (Å²) in [5.41, 5.74) is 0. The molecule has 1 saturated heterocycles. The molecule has 0 bridgehead atoms. The zero-order chi connectivity index (χ0) is 12.2.